The minimum atomic E-state index is -3.23. The Balaban J connectivity index is 2.92. The number of hydrogen-bond acceptors (Lipinski definition) is 2. The van der Waals surface area contributed by atoms with Gasteiger partial charge in [-0.1, -0.05) is 12.1 Å². The van der Waals surface area contributed by atoms with Crippen LogP contribution in [0, 0.1) is 0 Å². The first kappa shape index (κ1) is 11.8. The molecule has 0 atom stereocenters. The van der Waals surface area contributed by atoms with E-state index in [2.05, 4.69) is 4.74 Å². The number of alkyl halides is 4. The smallest absolute Gasteiger partial charge is 0.387 e. The number of rotatable bonds is 4. The average molecular weight is 223 g/mol. The van der Waals surface area contributed by atoms with Gasteiger partial charge in [0, 0.05) is 5.56 Å². The molecule has 2 N–H and O–H groups in total. The molecule has 0 saturated heterocycles. The van der Waals surface area contributed by atoms with E-state index in [-0.39, 0.29) is 5.75 Å². The molecule has 0 aliphatic heterocycles. The molecule has 0 radical (unpaired) electrons. The van der Waals surface area contributed by atoms with E-state index in [1.54, 1.807) is 0 Å². The van der Waals surface area contributed by atoms with Gasteiger partial charge in [-0.25, -0.2) is 0 Å². The van der Waals surface area contributed by atoms with E-state index in [4.69, 9.17) is 5.73 Å². The van der Waals surface area contributed by atoms with Crippen LogP contribution in [0.1, 0.15) is 5.56 Å². The summed E-state index contributed by atoms with van der Waals surface area (Å²) in [5, 5.41) is 0. The fourth-order valence-corrected chi connectivity index (χ4v) is 1.02. The number of nitrogens with two attached hydrogens (primary N) is 1. The van der Waals surface area contributed by atoms with Crippen molar-refractivity contribution in [2.45, 2.75) is 12.5 Å². The first-order valence-electron chi connectivity index (χ1n) is 4.09. The standard InChI is InChI=1S/C9H9F4NO/c10-8(11)15-7-3-1-2-6(4-7)9(12,13)5-14/h1-4,8H,5,14H2. The third kappa shape index (κ3) is 3.09. The molecule has 84 valence electrons. The average Bonchev–Trinajstić information content (AvgIpc) is 2.17. The van der Waals surface area contributed by atoms with Gasteiger partial charge in [-0.3, -0.25) is 0 Å². The Morgan fingerprint density at radius 1 is 1.33 bits per heavy atom. The monoisotopic (exact) mass is 223 g/mol. The highest BCUT2D eigenvalue weighted by Gasteiger charge is 2.29. The van der Waals surface area contributed by atoms with Crippen LogP contribution < -0.4 is 10.5 Å². The maximum absolute atomic E-state index is 13.0. The molecule has 0 unspecified atom stereocenters. The first-order chi connectivity index (χ1) is 6.95. The topological polar surface area (TPSA) is 35.2 Å². The second-order valence-electron chi connectivity index (χ2n) is 2.81. The van der Waals surface area contributed by atoms with E-state index in [1.807, 2.05) is 0 Å². The zero-order valence-electron chi connectivity index (χ0n) is 7.59. The van der Waals surface area contributed by atoms with Crippen molar-refractivity contribution in [3.8, 4) is 5.75 Å². The molecule has 6 heteroatoms. The lowest BCUT2D eigenvalue weighted by Gasteiger charge is -2.15. The minimum absolute atomic E-state index is 0.310. The first-order valence-corrected chi connectivity index (χ1v) is 4.09. The zero-order valence-corrected chi connectivity index (χ0v) is 7.59. The predicted octanol–water partition coefficient (Wildman–Crippen LogP) is 2.34. The van der Waals surface area contributed by atoms with E-state index < -0.39 is 24.6 Å². The molecule has 1 rings (SSSR count). The van der Waals surface area contributed by atoms with Crippen LogP contribution in [0.15, 0.2) is 24.3 Å². The van der Waals surface area contributed by atoms with Gasteiger partial charge in [-0.15, -0.1) is 0 Å². The molecule has 0 aliphatic rings. The van der Waals surface area contributed by atoms with Crippen molar-refractivity contribution in [3.63, 3.8) is 0 Å². The Labute approximate surface area is 83.6 Å². The second kappa shape index (κ2) is 4.48. The van der Waals surface area contributed by atoms with Crippen molar-refractivity contribution in [1.82, 2.24) is 0 Å². The van der Waals surface area contributed by atoms with Crippen LogP contribution >= 0.6 is 0 Å². The quantitative estimate of drug-likeness (QED) is 0.795. The zero-order chi connectivity index (χ0) is 11.5. The maximum atomic E-state index is 13.0. The van der Waals surface area contributed by atoms with Crippen LogP contribution in [0.25, 0.3) is 0 Å². The predicted molar refractivity (Wildman–Crippen MR) is 46.0 cm³/mol. The van der Waals surface area contributed by atoms with Gasteiger partial charge in [0.25, 0.3) is 5.92 Å². The highest BCUT2D eigenvalue weighted by atomic mass is 19.3. The lowest BCUT2D eigenvalue weighted by molar-refractivity contribution is -0.0506. The van der Waals surface area contributed by atoms with E-state index in [9.17, 15) is 17.6 Å². The second-order valence-corrected chi connectivity index (χ2v) is 2.81. The molecule has 0 bridgehead atoms. The lowest BCUT2D eigenvalue weighted by Crippen LogP contribution is -2.25. The summed E-state index contributed by atoms with van der Waals surface area (Å²) >= 11 is 0. The van der Waals surface area contributed by atoms with Gasteiger partial charge in [0.15, 0.2) is 0 Å². The van der Waals surface area contributed by atoms with Crippen LogP contribution in [0.3, 0.4) is 0 Å². The minimum Gasteiger partial charge on any atom is -0.435 e. The summed E-state index contributed by atoms with van der Waals surface area (Å²) < 4.78 is 53.6. The molecule has 0 fully saturated rings. The fraction of sp³-hybridized carbons (Fsp3) is 0.333. The van der Waals surface area contributed by atoms with Gasteiger partial charge in [-0.2, -0.15) is 17.6 Å². The van der Waals surface area contributed by atoms with Crippen LogP contribution in [0.4, 0.5) is 17.6 Å². The number of benzene rings is 1. The summed E-state index contributed by atoms with van der Waals surface area (Å²) in [6, 6.07) is 4.32. The maximum Gasteiger partial charge on any atom is 0.387 e. The van der Waals surface area contributed by atoms with Crippen molar-refractivity contribution >= 4 is 0 Å². The summed E-state index contributed by atoms with van der Waals surface area (Å²) in [6.45, 7) is -3.92. The van der Waals surface area contributed by atoms with Gasteiger partial charge >= 0.3 is 6.61 Å². The molecule has 15 heavy (non-hydrogen) atoms. The molecular formula is C9H9F4NO. The molecular weight excluding hydrogens is 214 g/mol. The lowest BCUT2D eigenvalue weighted by atomic mass is 10.1. The number of ether oxygens (including phenoxy) is 1. The largest absolute Gasteiger partial charge is 0.435 e. The van der Waals surface area contributed by atoms with E-state index in [0.717, 1.165) is 12.1 Å². The summed E-state index contributed by atoms with van der Waals surface area (Å²) in [4.78, 5) is 0. The Bertz CT molecular complexity index is 330. The molecule has 0 saturated carbocycles. The Kier molecular flexibility index (Phi) is 3.52. The molecule has 0 aromatic heterocycles. The van der Waals surface area contributed by atoms with Crippen LogP contribution in [-0.2, 0) is 5.92 Å². The van der Waals surface area contributed by atoms with Crippen molar-refractivity contribution in [2.75, 3.05) is 6.54 Å². The number of hydrogen-bond donors (Lipinski definition) is 1. The Morgan fingerprint density at radius 2 is 2.00 bits per heavy atom. The number of halogens is 4. The Hall–Kier alpha value is -1.30. The van der Waals surface area contributed by atoms with Crippen molar-refractivity contribution < 1.29 is 22.3 Å². The molecule has 0 amide bonds. The SMILES string of the molecule is NCC(F)(F)c1cccc(OC(F)F)c1. The molecule has 1 aromatic rings. The van der Waals surface area contributed by atoms with E-state index in [0.29, 0.717) is 0 Å². The Morgan fingerprint density at radius 3 is 2.53 bits per heavy atom. The van der Waals surface area contributed by atoms with E-state index >= 15 is 0 Å². The van der Waals surface area contributed by atoms with Crippen molar-refractivity contribution in [2.24, 2.45) is 5.73 Å². The summed E-state index contributed by atoms with van der Waals surface area (Å²) in [5.41, 5.74) is 4.41. The highest BCUT2D eigenvalue weighted by molar-refractivity contribution is 5.31. The highest BCUT2D eigenvalue weighted by Crippen LogP contribution is 2.29. The van der Waals surface area contributed by atoms with Crippen LogP contribution in [0.2, 0.25) is 0 Å². The van der Waals surface area contributed by atoms with Crippen molar-refractivity contribution in [3.05, 3.63) is 29.8 Å². The normalized spacial score (nSPS) is 11.9. The van der Waals surface area contributed by atoms with Gasteiger partial charge in [0.05, 0.1) is 6.54 Å². The molecule has 0 heterocycles. The summed E-state index contributed by atoms with van der Waals surface area (Å²) in [5.74, 6) is -3.54. The molecule has 0 aliphatic carbocycles. The van der Waals surface area contributed by atoms with E-state index in [1.165, 1.54) is 12.1 Å². The fourth-order valence-electron chi connectivity index (χ4n) is 1.02. The van der Waals surface area contributed by atoms with Crippen molar-refractivity contribution in [1.29, 1.82) is 0 Å². The van der Waals surface area contributed by atoms with Gasteiger partial charge in [-0.05, 0) is 12.1 Å². The summed E-state index contributed by atoms with van der Waals surface area (Å²) in [7, 11) is 0. The summed E-state index contributed by atoms with van der Waals surface area (Å²) in [6.07, 6.45) is 0. The molecule has 2 nitrogen and oxygen atoms in total. The third-order valence-corrected chi connectivity index (χ3v) is 1.74. The molecule has 1 aromatic carbocycles. The van der Waals surface area contributed by atoms with Gasteiger partial charge in [0.2, 0.25) is 0 Å². The van der Waals surface area contributed by atoms with Gasteiger partial charge in [0.1, 0.15) is 5.75 Å². The molecule has 0 spiro atoms. The third-order valence-electron chi connectivity index (χ3n) is 1.74. The van der Waals surface area contributed by atoms with Crippen LogP contribution in [0.5, 0.6) is 5.75 Å². The van der Waals surface area contributed by atoms with Crippen LogP contribution in [-0.4, -0.2) is 13.2 Å². The van der Waals surface area contributed by atoms with Gasteiger partial charge < -0.3 is 10.5 Å².